The second-order valence-corrected chi connectivity index (χ2v) is 7.10. The van der Waals surface area contributed by atoms with Crippen molar-refractivity contribution in [2.24, 2.45) is 23.7 Å². The highest BCUT2D eigenvalue weighted by atomic mass is 16.5. The molecule has 1 saturated heterocycles. The van der Waals surface area contributed by atoms with Gasteiger partial charge in [-0.1, -0.05) is 66.2 Å². The van der Waals surface area contributed by atoms with Crippen molar-refractivity contribution in [2.75, 3.05) is 13.2 Å². The Morgan fingerprint density at radius 1 is 0.947 bits per heavy atom. The molecule has 0 aromatic rings. The summed E-state index contributed by atoms with van der Waals surface area (Å²) in [4.78, 5) is 0. The number of ether oxygens (including phenoxy) is 1. The van der Waals surface area contributed by atoms with Gasteiger partial charge in [0.1, 0.15) is 0 Å². The zero-order valence-electron chi connectivity index (χ0n) is 13.8. The van der Waals surface area contributed by atoms with Crippen LogP contribution in [-0.4, -0.2) is 13.2 Å². The van der Waals surface area contributed by atoms with Crippen LogP contribution in [0, 0.1) is 23.7 Å². The van der Waals surface area contributed by atoms with Crippen molar-refractivity contribution in [3.05, 3.63) is 0 Å². The zero-order chi connectivity index (χ0) is 14.1. The van der Waals surface area contributed by atoms with Crippen LogP contribution in [0.4, 0.5) is 0 Å². The fraction of sp³-hybridized carbons (Fsp3) is 1.00. The maximum Gasteiger partial charge on any atom is 0.0468 e. The summed E-state index contributed by atoms with van der Waals surface area (Å²) < 4.78 is 5.46. The molecule has 1 heteroatoms. The van der Waals surface area contributed by atoms with Crippen molar-refractivity contribution in [1.29, 1.82) is 0 Å². The van der Waals surface area contributed by atoms with Crippen molar-refractivity contribution in [2.45, 2.75) is 79.1 Å². The molecule has 1 nitrogen and oxygen atoms in total. The van der Waals surface area contributed by atoms with Crippen LogP contribution in [0.15, 0.2) is 0 Å². The highest BCUT2D eigenvalue weighted by molar-refractivity contribution is 4.70. The molecule has 1 rings (SSSR count). The van der Waals surface area contributed by atoms with E-state index in [4.69, 9.17) is 4.74 Å². The summed E-state index contributed by atoms with van der Waals surface area (Å²) in [5.41, 5.74) is 0. The van der Waals surface area contributed by atoms with E-state index >= 15 is 0 Å². The second kappa shape index (κ2) is 9.80. The van der Waals surface area contributed by atoms with E-state index in [1.165, 1.54) is 51.4 Å². The predicted octanol–water partition coefficient (Wildman–Crippen LogP) is 5.68. The minimum absolute atomic E-state index is 0.871. The molecule has 1 aliphatic heterocycles. The number of hydrogen-bond acceptors (Lipinski definition) is 1. The molecule has 2 unspecified atom stereocenters. The lowest BCUT2D eigenvalue weighted by molar-refractivity contribution is 0.0474. The average molecular weight is 268 g/mol. The molecule has 0 aliphatic carbocycles. The first-order chi connectivity index (χ1) is 9.13. The Hall–Kier alpha value is -0.0400. The number of hydrogen-bond donors (Lipinski definition) is 0. The molecule has 0 radical (unpaired) electrons. The van der Waals surface area contributed by atoms with Crippen LogP contribution >= 0.6 is 0 Å². The van der Waals surface area contributed by atoms with E-state index in [9.17, 15) is 0 Å². The van der Waals surface area contributed by atoms with Gasteiger partial charge in [-0.2, -0.15) is 0 Å². The first-order valence-corrected chi connectivity index (χ1v) is 8.71. The molecule has 0 aromatic heterocycles. The van der Waals surface area contributed by atoms with Crippen molar-refractivity contribution in [1.82, 2.24) is 0 Å². The van der Waals surface area contributed by atoms with Gasteiger partial charge in [-0.25, -0.2) is 0 Å². The van der Waals surface area contributed by atoms with Gasteiger partial charge in [-0.05, 0) is 36.5 Å². The fourth-order valence-electron chi connectivity index (χ4n) is 3.37. The molecular formula is C18H36O. The van der Waals surface area contributed by atoms with Crippen molar-refractivity contribution in [3.8, 4) is 0 Å². The van der Waals surface area contributed by atoms with Gasteiger partial charge in [0.25, 0.3) is 0 Å². The molecule has 2 atom stereocenters. The number of rotatable bonds is 9. The van der Waals surface area contributed by atoms with Crippen molar-refractivity contribution < 1.29 is 4.74 Å². The molecule has 0 spiro atoms. The van der Waals surface area contributed by atoms with E-state index in [2.05, 4.69) is 27.7 Å². The van der Waals surface area contributed by atoms with Gasteiger partial charge in [-0.15, -0.1) is 0 Å². The summed E-state index contributed by atoms with van der Waals surface area (Å²) in [5, 5.41) is 0. The van der Waals surface area contributed by atoms with E-state index < -0.39 is 0 Å². The smallest absolute Gasteiger partial charge is 0.0468 e. The Labute approximate surface area is 121 Å². The Bertz CT molecular complexity index is 206. The topological polar surface area (TPSA) is 9.23 Å². The van der Waals surface area contributed by atoms with Crippen LogP contribution in [0.1, 0.15) is 79.1 Å². The third kappa shape index (κ3) is 7.34. The van der Waals surface area contributed by atoms with Gasteiger partial charge in [-0.3, -0.25) is 0 Å². The van der Waals surface area contributed by atoms with Crippen LogP contribution in [0.25, 0.3) is 0 Å². The molecular weight excluding hydrogens is 232 g/mol. The molecule has 0 saturated carbocycles. The molecule has 1 heterocycles. The first-order valence-electron chi connectivity index (χ1n) is 8.71. The quantitative estimate of drug-likeness (QED) is 0.522. The Kier molecular flexibility index (Phi) is 8.77. The molecule has 0 N–H and O–H groups in total. The van der Waals surface area contributed by atoms with Crippen molar-refractivity contribution >= 4 is 0 Å². The van der Waals surface area contributed by atoms with Gasteiger partial charge in [0, 0.05) is 13.2 Å². The predicted molar refractivity (Wildman–Crippen MR) is 84.4 cm³/mol. The Morgan fingerprint density at radius 3 is 2.21 bits per heavy atom. The van der Waals surface area contributed by atoms with E-state index in [1.807, 2.05) is 0 Å². The average Bonchev–Trinajstić information content (AvgIpc) is 2.43. The summed E-state index contributed by atoms with van der Waals surface area (Å²) in [6.07, 6.45) is 11.2. The molecule has 0 aromatic carbocycles. The van der Waals surface area contributed by atoms with Gasteiger partial charge in [0.15, 0.2) is 0 Å². The summed E-state index contributed by atoms with van der Waals surface area (Å²) >= 11 is 0. The molecule has 19 heavy (non-hydrogen) atoms. The Balaban J connectivity index is 2.12. The van der Waals surface area contributed by atoms with Crippen LogP contribution in [-0.2, 0) is 4.74 Å². The third-order valence-corrected chi connectivity index (χ3v) is 5.07. The SMILES string of the molecule is CCC(CCCC(C)C1CCOCC1)CCC(C)C. The third-order valence-electron chi connectivity index (χ3n) is 5.07. The summed E-state index contributed by atoms with van der Waals surface area (Å²) in [5.74, 6) is 3.69. The normalized spacial score (nSPS) is 20.7. The van der Waals surface area contributed by atoms with Crippen LogP contribution in [0.5, 0.6) is 0 Å². The summed E-state index contributed by atoms with van der Waals surface area (Å²) in [6, 6.07) is 0. The second-order valence-electron chi connectivity index (χ2n) is 7.10. The highest BCUT2D eigenvalue weighted by Gasteiger charge is 2.20. The highest BCUT2D eigenvalue weighted by Crippen LogP contribution is 2.29. The molecule has 114 valence electrons. The lowest BCUT2D eigenvalue weighted by Gasteiger charge is -2.28. The fourth-order valence-corrected chi connectivity index (χ4v) is 3.37. The van der Waals surface area contributed by atoms with Crippen molar-refractivity contribution in [3.63, 3.8) is 0 Å². The summed E-state index contributed by atoms with van der Waals surface area (Å²) in [7, 11) is 0. The standard InChI is InChI=1S/C18H36O/c1-5-17(10-9-15(2)3)8-6-7-16(4)18-11-13-19-14-12-18/h15-18H,5-14H2,1-4H3. The Morgan fingerprint density at radius 2 is 1.63 bits per heavy atom. The van der Waals surface area contributed by atoms with Gasteiger partial charge in [0.2, 0.25) is 0 Å². The minimum atomic E-state index is 0.871. The molecule has 0 amide bonds. The first kappa shape index (κ1) is 17.0. The molecule has 1 aliphatic rings. The minimum Gasteiger partial charge on any atom is -0.381 e. The van der Waals surface area contributed by atoms with Gasteiger partial charge >= 0.3 is 0 Å². The van der Waals surface area contributed by atoms with E-state index in [1.54, 1.807) is 0 Å². The maximum absolute atomic E-state index is 5.46. The van der Waals surface area contributed by atoms with Crippen LogP contribution in [0.3, 0.4) is 0 Å². The van der Waals surface area contributed by atoms with Gasteiger partial charge in [0.05, 0.1) is 0 Å². The van der Waals surface area contributed by atoms with E-state index in [0.29, 0.717) is 0 Å². The van der Waals surface area contributed by atoms with E-state index in [0.717, 1.165) is 36.9 Å². The van der Waals surface area contributed by atoms with E-state index in [-0.39, 0.29) is 0 Å². The van der Waals surface area contributed by atoms with Gasteiger partial charge < -0.3 is 4.74 Å². The monoisotopic (exact) mass is 268 g/mol. The largest absolute Gasteiger partial charge is 0.381 e. The lowest BCUT2D eigenvalue weighted by atomic mass is 9.82. The maximum atomic E-state index is 5.46. The lowest BCUT2D eigenvalue weighted by Crippen LogP contribution is -2.21. The summed E-state index contributed by atoms with van der Waals surface area (Å²) in [6.45, 7) is 11.5. The zero-order valence-corrected chi connectivity index (χ0v) is 13.8. The molecule has 0 bridgehead atoms. The van der Waals surface area contributed by atoms with Crippen LogP contribution in [0.2, 0.25) is 0 Å². The molecule has 1 fully saturated rings. The van der Waals surface area contributed by atoms with Crippen LogP contribution < -0.4 is 0 Å².